The lowest BCUT2D eigenvalue weighted by molar-refractivity contribution is 0.112. The van der Waals surface area contributed by atoms with Crippen molar-refractivity contribution in [3.05, 3.63) is 0 Å². The molecule has 2 fully saturated rings. The molecule has 0 aromatic heterocycles. The minimum absolute atomic E-state index is 0.361. The first kappa shape index (κ1) is 17.2. The van der Waals surface area contributed by atoms with E-state index in [2.05, 4.69) is 24.1 Å². The van der Waals surface area contributed by atoms with E-state index in [0.29, 0.717) is 12.0 Å². The molecule has 1 heterocycles. The standard InChI is InChI=1S/C18H36N2O/c1-16(2)12-19-14-18(8-4-3-5-9-18)15-20-10-6-17(13-20)7-11-21/h16-17,19,21H,3-15H2,1-2H3. The summed E-state index contributed by atoms with van der Waals surface area (Å²) in [6.07, 6.45) is 9.34. The maximum atomic E-state index is 9.12. The monoisotopic (exact) mass is 296 g/mol. The summed E-state index contributed by atoms with van der Waals surface area (Å²) in [5, 5.41) is 12.9. The van der Waals surface area contributed by atoms with Crippen LogP contribution in [-0.4, -0.2) is 49.3 Å². The Kier molecular flexibility index (Phi) is 6.97. The molecule has 3 heteroatoms. The highest BCUT2D eigenvalue weighted by Gasteiger charge is 2.35. The summed E-state index contributed by atoms with van der Waals surface area (Å²) in [5.74, 6) is 1.48. The molecular weight excluding hydrogens is 260 g/mol. The highest BCUT2D eigenvalue weighted by Crippen LogP contribution is 2.37. The molecule has 0 aromatic carbocycles. The number of aliphatic hydroxyl groups excluding tert-OH is 1. The maximum Gasteiger partial charge on any atom is 0.0434 e. The second kappa shape index (κ2) is 8.50. The Morgan fingerprint density at radius 1 is 1.24 bits per heavy atom. The summed E-state index contributed by atoms with van der Waals surface area (Å²) in [6.45, 7) is 11.0. The van der Waals surface area contributed by atoms with Crippen LogP contribution in [0.15, 0.2) is 0 Å². The molecule has 2 N–H and O–H groups in total. The van der Waals surface area contributed by atoms with Crippen LogP contribution in [0, 0.1) is 17.3 Å². The summed E-state index contributed by atoms with van der Waals surface area (Å²) < 4.78 is 0. The van der Waals surface area contributed by atoms with E-state index in [1.54, 1.807) is 0 Å². The predicted molar refractivity (Wildman–Crippen MR) is 89.5 cm³/mol. The van der Waals surface area contributed by atoms with Crippen molar-refractivity contribution in [2.24, 2.45) is 17.3 Å². The molecule has 21 heavy (non-hydrogen) atoms. The molecule has 0 amide bonds. The van der Waals surface area contributed by atoms with Crippen LogP contribution in [-0.2, 0) is 0 Å². The summed E-state index contributed by atoms with van der Waals surface area (Å²) in [7, 11) is 0. The largest absolute Gasteiger partial charge is 0.396 e. The van der Waals surface area contributed by atoms with E-state index in [0.717, 1.165) is 24.8 Å². The average Bonchev–Trinajstić information content (AvgIpc) is 2.87. The number of nitrogens with one attached hydrogen (secondary N) is 1. The highest BCUT2D eigenvalue weighted by molar-refractivity contribution is 4.90. The topological polar surface area (TPSA) is 35.5 Å². The van der Waals surface area contributed by atoms with Gasteiger partial charge in [0, 0.05) is 26.2 Å². The number of hydrogen-bond acceptors (Lipinski definition) is 3. The van der Waals surface area contributed by atoms with Crippen LogP contribution in [0.25, 0.3) is 0 Å². The SMILES string of the molecule is CC(C)CNCC1(CN2CCC(CCO)C2)CCCCC1. The molecule has 1 unspecified atom stereocenters. The zero-order chi connectivity index (χ0) is 15.1. The van der Waals surface area contributed by atoms with Gasteiger partial charge in [0.15, 0.2) is 0 Å². The molecule has 0 aromatic rings. The van der Waals surface area contributed by atoms with E-state index in [-0.39, 0.29) is 0 Å². The molecule has 2 aliphatic rings. The fourth-order valence-corrected chi connectivity index (χ4v) is 4.27. The summed E-state index contributed by atoms with van der Waals surface area (Å²) in [4.78, 5) is 2.68. The second-order valence-electron chi connectivity index (χ2n) is 7.99. The normalized spacial score (nSPS) is 26.6. The quantitative estimate of drug-likeness (QED) is 0.723. The molecule has 0 radical (unpaired) electrons. The molecule has 1 atom stereocenters. The summed E-state index contributed by atoms with van der Waals surface area (Å²) >= 11 is 0. The van der Waals surface area contributed by atoms with E-state index in [1.807, 2.05) is 0 Å². The van der Waals surface area contributed by atoms with Crippen LogP contribution >= 0.6 is 0 Å². The van der Waals surface area contributed by atoms with Crippen LogP contribution in [0.2, 0.25) is 0 Å². The van der Waals surface area contributed by atoms with Gasteiger partial charge in [-0.25, -0.2) is 0 Å². The van der Waals surface area contributed by atoms with Crippen molar-refractivity contribution < 1.29 is 5.11 Å². The van der Waals surface area contributed by atoms with Crippen LogP contribution < -0.4 is 5.32 Å². The predicted octanol–water partition coefficient (Wildman–Crippen LogP) is 2.89. The van der Waals surface area contributed by atoms with Gasteiger partial charge >= 0.3 is 0 Å². The number of rotatable bonds is 8. The van der Waals surface area contributed by atoms with Crippen LogP contribution in [0.1, 0.15) is 58.8 Å². The van der Waals surface area contributed by atoms with Crippen molar-refractivity contribution in [1.29, 1.82) is 0 Å². The van der Waals surface area contributed by atoms with Gasteiger partial charge < -0.3 is 15.3 Å². The molecule has 1 aliphatic heterocycles. The van der Waals surface area contributed by atoms with E-state index in [4.69, 9.17) is 5.11 Å². The molecule has 1 saturated carbocycles. The number of nitrogens with zero attached hydrogens (tertiary/aromatic N) is 1. The lowest BCUT2D eigenvalue weighted by atomic mass is 9.73. The minimum Gasteiger partial charge on any atom is -0.396 e. The number of hydrogen-bond donors (Lipinski definition) is 2. The Balaban J connectivity index is 1.84. The van der Waals surface area contributed by atoms with Crippen molar-refractivity contribution in [2.45, 2.75) is 58.8 Å². The van der Waals surface area contributed by atoms with Gasteiger partial charge in [0.1, 0.15) is 0 Å². The maximum absolute atomic E-state index is 9.12. The first-order valence-corrected chi connectivity index (χ1v) is 9.17. The van der Waals surface area contributed by atoms with E-state index in [1.165, 1.54) is 64.7 Å². The Labute approximate surface area is 131 Å². The third-order valence-corrected chi connectivity index (χ3v) is 5.43. The van der Waals surface area contributed by atoms with Crippen molar-refractivity contribution >= 4 is 0 Å². The van der Waals surface area contributed by atoms with Crippen LogP contribution in [0.5, 0.6) is 0 Å². The summed E-state index contributed by atoms with van der Waals surface area (Å²) in [6, 6.07) is 0. The van der Waals surface area contributed by atoms with Crippen molar-refractivity contribution in [3.8, 4) is 0 Å². The van der Waals surface area contributed by atoms with E-state index < -0.39 is 0 Å². The van der Waals surface area contributed by atoms with Crippen LogP contribution in [0.3, 0.4) is 0 Å². The third kappa shape index (κ3) is 5.54. The lowest BCUT2D eigenvalue weighted by Gasteiger charge is -2.41. The second-order valence-corrected chi connectivity index (χ2v) is 7.99. The molecule has 3 nitrogen and oxygen atoms in total. The molecule has 2 rings (SSSR count). The van der Waals surface area contributed by atoms with Crippen molar-refractivity contribution in [3.63, 3.8) is 0 Å². The zero-order valence-electron chi connectivity index (χ0n) is 14.2. The van der Waals surface area contributed by atoms with Crippen molar-refractivity contribution in [1.82, 2.24) is 10.2 Å². The fraction of sp³-hybridized carbons (Fsp3) is 1.00. The average molecular weight is 296 g/mol. The van der Waals surface area contributed by atoms with E-state index >= 15 is 0 Å². The molecule has 1 aliphatic carbocycles. The Morgan fingerprint density at radius 3 is 2.67 bits per heavy atom. The van der Waals surface area contributed by atoms with Gasteiger partial charge in [-0.1, -0.05) is 33.1 Å². The fourth-order valence-electron chi connectivity index (χ4n) is 4.27. The molecule has 124 valence electrons. The molecular formula is C18H36N2O. The molecule has 0 bridgehead atoms. The van der Waals surface area contributed by atoms with Gasteiger partial charge in [-0.05, 0) is 56.0 Å². The van der Waals surface area contributed by atoms with E-state index in [9.17, 15) is 0 Å². The van der Waals surface area contributed by atoms with Gasteiger partial charge in [0.25, 0.3) is 0 Å². The Morgan fingerprint density at radius 2 is 2.00 bits per heavy atom. The molecule has 0 spiro atoms. The van der Waals surface area contributed by atoms with Crippen LogP contribution in [0.4, 0.5) is 0 Å². The Bertz CT molecular complexity index is 287. The van der Waals surface area contributed by atoms with Gasteiger partial charge in [-0.15, -0.1) is 0 Å². The summed E-state index contributed by atoms with van der Waals surface area (Å²) in [5.41, 5.74) is 0.515. The third-order valence-electron chi connectivity index (χ3n) is 5.43. The van der Waals surface area contributed by atoms with Gasteiger partial charge in [-0.3, -0.25) is 0 Å². The first-order valence-electron chi connectivity index (χ1n) is 9.17. The van der Waals surface area contributed by atoms with Gasteiger partial charge in [0.2, 0.25) is 0 Å². The number of likely N-dealkylation sites (tertiary alicyclic amines) is 1. The first-order chi connectivity index (χ1) is 10.1. The smallest absolute Gasteiger partial charge is 0.0434 e. The number of aliphatic hydroxyl groups is 1. The molecule has 1 saturated heterocycles. The van der Waals surface area contributed by atoms with Gasteiger partial charge in [-0.2, -0.15) is 0 Å². The van der Waals surface area contributed by atoms with Gasteiger partial charge in [0.05, 0.1) is 0 Å². The lowest BCUT2D eigenvalue weighted by Crippen LogP contribution is -2.45. The minimum atomic E-state index is 0.361. The Hall–Kier alpha value is -0.120. The van der Waals surface area contributed by atoms with Crippen molar-refractivity contribution in [2.75, 3.05) is 39.3 Å². The zero-order valence-corrected chi connectivity index (χ0v) is 14.2. The highest BCUT2D eigenvalue weighted by atomic mass is 16.3.